The van der Waals surface area contributed by atoms with Gasteiger partial charge in [0, 0.05) is 17.7 Å². The van der Waals surface area contributed by atoms with E-state index in [0.29, 0.717) is 11.3 Å². The summed E-state index contributed by atoms with van der Waals surface area (Å²) in [5, 5.41) is 28.3. The van der Waals surface area contributed by atoms with E-state index in [1.54, 1.807) is 6.92 Å². The summed E-state index contributed by atoms with van der Waals surface area (Å²) in [7, 11) is 0. The topological polar surface area (TPSA) is 114 Å². The number of hydrazone groups is 1. The van der Waals surface area contributed by atoms with Gasteiger partial charge in [-0.15, -0.1) is 0 Å². The number of nitro groups is 1. The fourth-order valence-corrected chi connectivity index (χ4v) is 2.94. The van der Waals surface area contributed by atoms with Crippen LogP contribution in [0.2, 0.25) is 0 Å². The Morgan fingerprint density at radius 1 is 1.31 bits per heavy atom. The van der Waals surface area contributed by atoms with Gasteiger partial charge in [-0.05, 0) is 36.5 Å². The molecule has 29 heavy (non-hydrogen) atoms. The molecule has 0 saturated carbocycles. The summed E-state index contributed by atoms with van der Waals surface area (Å²) in [6.45, 7) is 3.10. The van der Waals surface area contributed by atoms with Gasteiger partial charge in [0.25, 0.3) is 11.6 Å². The first-order valence-electron chi connectivity index (χ1n) is 8.38. The number of rotatable bonds is 4. The minimum atomic E-state index is -5.07. The van der Waals surface area contributed by atoms with Crippen LogP contribution in [0.15, 0.2) is 35.4 Å². The Balaban J connectivity index is 1.81. The number of aromatic nitrogens is 2. The molecule has 1 amide bonds. The molecule has 3 rings (SSSR count). The Bertz CT molecular complexity index is 999. The third-order valence-electron chi connectivity index (χ3n) is 4.46. The molecule has 1 atom stereocenters. The van der Waals surface area contributed by atoms with Gasteiger partial charge in [-0.25, -0.2) is 0 Å². The molecule has 0 fully saturated rings. The van der Waals surface area contributed by atoms with E-state index in [1.165, 1.54) is 41.9 Å². The minimum Gasteiger partial charge on any atom is -0.362 e. The van der Waals surface area contributed by atoms with Crippen molar-refractivity contribution in [1.29, 1.82) is 0 Å². The van der Waals surface area contributed by atoms with E-state index in [4.69, 9.17) is 0 Å². The summed E-state index contributed by atoms with van der Waals surface area (Å²) in [4.78, 5) is 22.7. The fraction of sp³-hybridized carbons (Fsp3) is 0.353. The highest BCUT2D eigenvalue weighted by Gasteiger charge is 2.62. The number of aryl methyl sites for hydroxylation is 1. The molecular weight excluding hydrogens is 395 g/mol. The zero-order chi connectivity index (χ0) is 21.6. The molecule has 2 aromatic rings. The van der Waals surface area contributed by atoms with Gasteiger partial charge < -0.3 is 15.2 Å². The summed E-state index contributed by atoms with van der Waals surface area (Å²) in [5.41, 5.74) is -2.34. The number of carbonyl (C=O) groups excluding carboxylic acids is 1. The molecule has 0 saturated heterocycles. The molecule has 0 radical (unpaired) electrons. The average molecular weight is 411 g/mol. The number of amides is 1. The second-order valence-electron chi connectivity index (χ2n) is 6.70. The lowest BCUT2D eigenvalue weighted by Crippen LogP contribution is -2.56. The van der Waals surface area contributed by atoms with Gasteiger partial charge in [0.05, 0.1) is 23.4 Å². The van der Waals surface area contributed by atoms with Gasteiger partial charge in [0.15, 0.2) is 0 Å². The second kappa shape index (κ2) is 6.95. The van der Waals surface area contributed by atoms with E-state index in [9.17, 15) is 33.2 Å². The van der Waals surface area contributed by atoms with Gasteiger partial charge in [-0.3, -0.25) is 4.79 Å². The Morgan fingerprint density at radius 2 is 1.93 bits per heavy atom. The SMILES string of the molecule is CC1=NN(C(=O)c2ccc(Cn3nc([N+](=O)[O-])cc3C)cc2)[C@](O)(C(F)(F)F)C1. The maximum atomic E-state index is 13.3. The monoisotopic (exact) mass is 411 g/mol. The zero-order valence-electron chi connectivity index (χ0n) is 15.3. The first kappa shape index (κ1) is 20.5. The van der Waals surface area contributed by atoms with Crippen LogP contribution in [0.5, 0.6) is 0 Å². The van der Waals surface area contributed by atoms with Crippen LogP contribution >= 0.6 is 0 Å². The summed E-state index contributed by atoms with van der Waals surface area (Å²) in [5.74, 6) is -1.40. The Hall–Kier alpha value is -3.28. The Labute approximate surface area is 162 Å². The molecule has 0 spiro atoms. The standard InChI is InChI=1S/C17H16F3N5O4/c1-10-8-16(27,17(18,19)20)24(21-10)15(26)13-5-3-12(4-6-13)9-23-11(2)7-14(22-23)25(28)29/h3-7,27H,8-9H2,1-2H3/t16-/m1/s1. The Kier molecular flexibility index (Phi) is 4.91. The number of halogens is 3. The minimum absolute atomic E-state index is 0.0226. The largest absolute Gasteiger partial charge is 0.438 e. The van der Waals surface area contributed by atoms with Crippen molar-refractivity contribution in [2.75, 3.05) is 0 Å². The predicted molar refractivity (Wildman–Crippen MR) is 94.1 cm³/mol. The molecule has 9 nitrogen and oxygen atoms in total. The van der Waals surface area contributed by atoms with Crippen LogP contribution in [0, 0.1) is 17.0 Å². The highest BCUT2D eigenvalue weighted by Crippen LogP contribution is 2.40. The number of hydrogen-bond donors (Lipinski definition) is 1. The van der Waals surface area contributed by atoms with Crippen molar-refractivity contribution < 1.29 is 28.0 Å². The number of aliphatic hydroxyl groups is 1. The maximum absolute atomic E-state index is 13.3. The highest BCUT2D eigenvalue weighted by atomic mass is 19.4. The normalized spacial score (nSPS) is 19.4. The smallest absolute Gasteiger partial charge is 0.362 e. The number of hydrogen-bond acceptors (Lipinski definition) is 6. The van der Waals surface area contributed by atoms with E-state index in [1.807, 2.05) is 0 Å². The van der Waals surface area contributed by atoms with Crippen molar-refractivity contribution in [3.63, 3.8) is 0 Å². The molecule has 1 N–H and O–H groups in total. The van der Waals surface area contributed by atoms with Crippen molar-refractivity contribution in [3.05, 3.63) is 57.3 Å². The first-order chi connectivity index (χ1) is 13.4. The predicted octanol–water partition coefficient (Wildman–Crippen LogP) is 2.62. The number of nitrogens with zero attached hydrogens (tertiary/aromatic N) is 5. The van der Waals surface area contributed by atoms with E-state index in [-0.39, 0.29) is 28.6 Å². The molecular formula is C17H16F3N5O4. The first-order valence-corrected chi connectivity index (χ1v) is 8.38. The number of benzene rings is 1. The lowest BCUT2D eigenvalue weighted by molar-refractivity contribution is -0.389. The fourth-order valence-electron chi connectivity index (χ4n) is 2.94. The molecule has 1 aliphatic rings. The quantitative estimate of drug-likeness (QED) is 0.614. The summed E-state index contributed by atoms with van der Waals surface area (Å²) < 4.78 is 41.2. The summed E-state index contributed by atoms with van der Waals surface area (Å²) >= 11 is 0. The van der Waals surface area contributed by atoms with Crippen molar-refractivity contribution in [1.82, 2.24) is 14.8 Å². The van der Waals surface area contributed by atoms with Crippen LogP contribution in [0.3, 0.4) is 0 Å². The van der Waals surface area contributed by atoms with E-state index in [2.05, 4.69) is 10.2 Å². The van der Waals surface area contributed by atoms with Crippen LogP contribution in [-0.4, -0.2) is 48.3 Å². The molecule has 1 aromatic carbocycles. The average Bonchev–Trinajstić information content (AvgIpc) is 3.15. The molecule has 1 aliphatic heterocycles. The lowest BCUT2D eigenvalue weighted by atomic mass is 10.1. The van der Waals surface area contributed by atoms with E-state index in [0.717, 1.165) is 0 Å². The Morgan fingerprint density at radius 3 is 2.45 bits per heavy atom. The van der Waals surface area contributed by atoms with E-state index >= 15 is 0 Å². The van der Waals surface area contributed by atoms with Crippen LogP contribution < -0.4 is 0 Å². The van der Waals surface area contributed by atoms with Crippen LogP contribution in [0.4, 0.5) is 19.0 Å². The molecule has 1 aromatic heterocycles. The van der Waals surface area contributed by atoms with Crippen molar-refractivity contribution in [3.8, 4) is 0 Å². The van der Waals surface area contributed by atoms with Crippen LogP contribution in [-0.2, 0) is 6.54 Å². The summed E-state index contributed by atoms with van der Waals surface area (Å²) in [6.07, 6.45) is -5.89. The third kappa shape index (κ3) is 3.70. The number of alkyl halides is 3. The van der Waals surface area contributed by atoms with Gasteiger partial charge >= 0.3 is 12.0 Å². The number of carbonyl (C=O) groups is 1. The lowest BCUT2D eigenvalue weighted by Gasteiger charge is -2.32. The third-order valence-corrected chi connectivity index (χ3v) is 4.46. The molecule has 154 valence electrons. The molecule has 2 heterocycles. The van der Waals surface area contributed by atoms with Crippen molar-refractivity contribution in [2.24, 2.45) is 5.10 Å². The van der Waals surface area contributed by atoms with Crippen molar-refractivity contribution in [2.45, 2.75) is 38.7 Å². The van der Waals surface area contributed by atoms with E-state index < -0.39 is 29.2 Å². The molecule has 0 unspecified atom stereocenters. The van der Waals surface area contributed by atoms with Crippen LogP contribution in [0.25, 0.3) is 0 Å². The maximum Gasteiger partial charge on any atom is 0.438 e. The van der Waals surface area contributed by atoms with Gasteiger partial charge in [-0.1, -0.05) is 12.1 Å². The highest BCUT2D eigenvalue weighted by molar-refractivity contribution is 5.97. The van der Waals surface area contributed by atoms with Crippen molar-refractivity contribution >= 4 is 17.4 Å². The molecule has 0 aliphatic carbocycles. The summed E-state index contributed by atoms with van der Waals surface area (Å²) in [6, 6.07) is 6.87. The van der Waals surface area contributed by atoms with Crippen LogP contribution in [0.1, 0.15) is 35.0 Å². The molecule has 12 heteroatoms. The second-order valence-corrected chi connectivity index (χ2v) is 6.70. The van der Waals surface area contributed by atoms with Gasteiger partial charge in [-0.2, -0.15) is 28.0 Å². The van der Waals surface area contributed by atoms with Gasteiger partial charge in [0.1, 0.15) is 0 Å². The van der Waals surface area contributed by atoms with Gasteiger partial charge in [0.2, 0.25) is 0 Å². The molecule has 0 bridgehead atoms. The zero-order valence-corrected chi connectivity index (χ0v) is 15.3.